The van der Waals surface area contributed by atoms with Crippen LogP contribution in [0.3, 0.4) is 0 Å². The molecule has 2 aromatic rings. The van der Waals surface area contributed by atoms with Crippen LogP contribution in [0.15, 0.2) is 54.6 Å². The maximum Gasteiger partial charge on any atom is 0.252 e. The van der Waals surface area contributed by atoms with Crippen LogP contribution in [0.4, 0.5) is 0 Å². The summed E-state index contributed by atoms with van der Waals surface area (Å²) in [7, 11) is 1.66. The highest BCUT2D eigenvalue weighted by Crippen LogP contribution is 2.26. The zero-order chi connectivity index (χ0) is 19.2. The highest BCUT2D eigenvalue weighted by atomic mass is 16.5. The maximum absolute atomic E-state index is 13.3. The Morgan fingerprint density at radius 1 is 1.11 bits per heavy atom. The first-order valence-electron chi connectivity index (χ1n) is 9.71. The van der Waals surface area contributed by atoms with Gasteiger partial charge in [-0.25, -0.2) is 0 Å². The molecule has 3 atom stereocenters. The molecule has 1 aliphatic rings. The van der Waals surface area contributed by atoms with E-state index in [1.165, 1.54) is 0 Å². The predicted molar refractivity (Wildman–Crippen MR) is 107 cm³/mol. The van der Waals surface area contributed by atoms with Gasteiger partial charge in [-0.05, 0) is 29.2 Å². The third kappa shape index (κ3) is 4.69. The number of methoxy groups -OCH3 is 1. The lowest BCUT2D eigenvalue weighted by Gasteiger charge is -2.42. The molecule has 0 radical (unpaired) electrons. The summed E-state index contributed by atoms with van der Waals surface area (Å²) in [5.74, 6) is 1.31. The van der Waals surface area contributed by atoms with E-state index < -0.39 is 6.10 Å². The van der Waals surface area contributed by atoms with Gasteiger partial charge >= 0.3 is 0 Å². The van der Waals surface area contributed by atoms with E-state index in [2.05, 4.69) is 13.8 Å². The fourth-order valence-corrected chi connectivity index (χ4v) is 3.57. The van der Waals surface area contributed by atoms with E-state index in [4.69, 9.17) is 9.47 Å². The number of benzene rings is 2. The molecule has 0 aromatic heterocycles. The molecule has 1 saturated heterocycles. The van der Waals surface area contributed by atoms with Crippen molar-refractivity contribution in [3.05, 3.63) is 65.7 Å². The van der Waals surface area contributed by atoms with Crippen LogP contribution in [-0.4, -0.2) is 36.7 Å². The van der Waals surface area contributed by atoms with Crippen molar-refractivity contribution < 1.29 is 14.3 Å². The second-order valence-electron chi connectivity index (χ2n) is 7.28. The SMILES string of the molecule is CCC(C)[C@H]1CO[C@@H](Cc2ccccc2)C(=O)N1Cc1ccc(OC)cc1. The molecule has 1 unspecified atom stereocenters. The molecule has 1 aliphatic heterocycles. The smallest absolute Gasteiger partial charge is 0.252 e. The van der Waals surface area contributed by atoms with Crippen LogP contribution in [0.2, 0.25) is 0 Å². The normalized spacial score (nSPS) is 21.1. The summed E-state index contributed by atoms with van der Waals surface area (Å²) in [4.78, 5) is 15.3. The van der Waals surface area contributed by atoms with Crippen molar-refractivity contribution in [3.8, 4) is 5.75 Å². The highest BCUT2D eigenvalue weighted by molar-refractivity contribution is 5.82. The van der Waals surface area contributed by atoms with E-state index in [9.17, 15) is 4.79 Å². The largest absolute Gasteiger partial charge is 0.497 e. The first-order chi connectivity index (χ1) is 13.1. The number of carbonyl (C=O) groups excluding carboxylic acids is 1. The number of hydrogen-bond donors (Lipinski definition) is 0. The van der Waals surface area contributed by atoms with Crippen molar-refractivity contribution in [1.29, 1.82) is 0 Å². The molecular weight excluding hydrogens is 338 g/mol. The molecule has 4 nitrogen and oxygen atoms in total. The van der Waals surface area contributed by atoms with Crippen molar-refractivity contribution in [2.75, 3.05) is 13.7 Å². The Labute approximate surface area is 162 Å². The lowest BCUT2D eigenvalue weighted by molar-refractivity contribution is -0.163. The van der Waals surface area contributed by atoms with E-state index in [1.54, 1.807) is 7.11 Å². The Morgan fingerprint density at radius 2 is 1.81 bits per heavy atom. The molecule has 3 rings (SSSR count). The topological polar surface area (TPSA) is 38.8 Å². The summed E-state index contributed by atoms with van der Waals surface area (Å²) in [5, 5.41) is 0. The molecule has 0 aliphatic carbocycles. The third-order valence-electron chi connectivity index (χ3n) is 5.50. The molecule has 0 bridgehead atoms. The number of ether oxygens (including phenoxy) is 2. The minimum absolute atomic E-state index is 0.0891. The molecule has 0 saturated carbocycles. The van der Waals surface area contributed by atoms with E-state index in [0.29, 0.717) is 25.5 Å². The average Bonchev–Trinajstić information content (AvgIpc) is 2.72. The van der Waals surface area contributed by atoms with Crippen molar-refractivity contribution >= 4 is 5.91 Å². The molecule has 27 heavy (non-hydrogen) atoms. The van der Waals surface area contributed by atoms with Gasteiger partial charge in [-0.2, -0.15) is 0 Å². The Bertz CT molecular complexity index is 729. The van der Waals surface area contributed by atoms with Gasteiger partial charge in [0.2, 0.25) is 0 Å². The van der Waals surface area contributed by atoms with Crippen LogP contribution < -0.4 is 4.74 Å². The second-order valence-corrected chi connectivity index (χ2v) is 7.28. The average molecular weight is 367 g/mol. The monoisotopic (exact) mass is 367 g/mol. The molecule has 144 valence electrons. The Hall–Kier alpha value is -2.33. The lowest BCUT2D eigenvalue weighted by atomic mass is 9.94. The minimum atomic E-state index is -0.411. The fraction of sp³-hybridized carbons (Fsp3) is 0.435. The van der Waals surface area contributed by atoms with Gasteiger partial charge in [0.05, 0.1) is 19.8 Å². The molecule has 4 heteroatoms. The van der Waals surface area contributed by atoms with Gasteiger partial charge in [0.15, 0.2) is 0 Å². The van der Waals surface area contributed by atoms with Gasteiger partial charge in [0.25, 0.3) is 5.91 Å². The Morgan fingerprint density at radius 3 is 2.44 bits per heavy atom. The maximum atomic E-state index is 13.3. The van der Waals surface area contributed by atoms with Gasteiger partial charge in [-0.3, -0.25) is 4.79 Å². The predicted octanol–water partition coefficient (Wildman–Crippen LogP) is 4.08. The van der Waals surface area contributed by atoms with Crippen molar-refractivity contribution in [2.45, 2.75) is 45.4 Å². The van der Waals surface area contributed by atoms with Crippen LogP contribution >= 0.6 is 0 Å². The van der Waals surface area contributed by atoms with Crippen LogP contribution in [-0.2, 0) is 22.5 Å². The summed E-state index contributed by atoms with van der Waals surface area (Å²) in [6.07, 6.45) is 1.22. The standard InChI is InChI=1S/C23H29NO3/c1-4-17(2)21-16-27-22(14-18-8-6-5-7-9-18)23(25)24(21)15-19-10-12-20(26-3)13-11-19/h5-13,17,21-22H,4,14-16H2,1-3H3/t17?,21-,22+/m1/s1. The highest BCUT2D eigenvalue weighted by Gasteiger charge is 2.38. The summed E-state index contributed by atoms with van der Waals surface area (Å²) in [6.45, 7) is 5.55. The zero-order valence-corrected chi connectivity index (χ0v) is 16.4. The number of hydrogen-bond acceptors (Lipinski definition) is 3. The van der Waals surface area contributed by atoms with Crippen molar-refractivity contribution in [3.63, 3.8) is 0 Å². The quantitative estimate of drug-likeness (QED) is 0.740. The van der Waals surface area contributed by atoms with Crippen LogP contribution in [0.5, 0.6) is 5.75 Å². The summed E-state index contributed by atoms with van der Waals surface area (Å²) >= 11 is 0. The summed E-state index contributed by atoms with van der Waals surface area (Å²) < 4.78 is 11.3. The van der Waals surface area contributed by atoms with E-state index in [0.717, 1.165) is 23.3 Å². The van der Waals surface area contributed by atoms with E-state index in [1.807, 2.05) is 59.5 Å². The van der Waals surface area contributed by atoms with Gasteiger partial charge in [0, 0.05) is 13.0 Å². The molecule has 1 heterocycles. The summed E-state index contributed by atoms with van der Waals surface area (Å²) in [5.41, 5.74) is 2.24. The number of carbonyl (C=O) groups is 1. The van der Waals surface area contributed by atoms with Crippen LogP contribution in [0.25, 0.3) is 0 Å². The van der Waals surface area contributed by atoms with E-state index in [-0.39, 0.29) is 11.9 Å². The lowest BCUT2D eigenvalue weighted by Crippen LogP contribution is -2.56. The molecule has 0 N–H and O–H groups in total. The van der Waals surface area contributed by atoms with Gasteiger partial charge in [0.1, 0.15) is 11.9 Å². The molecule has 2 aromatic carbocycles. The first-order valence-corrected chi connectivity index (χ1v) is 9.71. The van der Waals surface area contributed by atoms with Gasteiger partial charge < -0.3 is 14.4 Å². The molecule has 0 spiro atoms. The third-order valence-corrected chi connectivity index (χ3v) is 5.50. The number of amides is 1. The minimum Gasteiger partial charge on any atom is -0.497 e. The van der Waals surface area contributed by atoms with Crippen LogP contribution in [0, 0.1) is 5.92 Å². The van der Waals surface area contributed by atoms with Crippen molar-refractivity contribution in [2.24, 2.45) is 5.92 Å². The van der Waals surface area contributed by atoms with Gasteiger partial charge in [-0.15, -0.1) is 0 Å². The second kappa shape index (κ2) is 9.05. The molecular formula is C23H29NO3. The van der Waals surface area contributed by atoms with Crippen molar-refractivity contribution in [1.82, 2.24) is 4.90 Å². The fourth-order valence-electron chi connectivity index (χ4n) is 3.57. The number of nitrogens with zero attached hydrogens (tertiary/aromatic N) is 1. The Balaban J connectivity index is 1.78. The number of morpholine rings is 1. The zero-order valence-electron chi connectivity index (χ0n) is 16.4. The molecule has 1 amide bonds. The summed E-state index contributed by atoms with van der Waals surface area (Å²) in [6, 6.07) is 18.1. The van der Waals surface area contributed by atoms with Crippen LogP contribution in [0.1, 0.15) is 31.4 Å². The first kappa shape index (κ1) is 19.4. The van der Waals surface area contributed by atoms with Gasteiger partial charge in [-0.1, -0.05) is 62.7 Å². The number of rotatable bonds is 7. The van der Waals surface area contributed by atoms with E-state index >= 15 is 0 Å². The molecule has 1 fully saturated rings. The Kier molecular flexibility index (Phi) is 6.51.